The van der Waals surface area contributed by atoms with Crippen molar-refractivity contribution in [3.05, 3.63) is 48.5 Å². The second kappa shape index (κ2) is 9.07. The average Bonchev–Trinajstić information content (AvgIpc) is 3.18. The SMILES string of the molecule is O=C(O)c1cccc(OCCNC(=O)N2CCC[C@H](Cn3ccnc3)C2)c1. The Balaban J connectivity index is 1.40. The second-order valence-corrected chi connectivity index (χ2v) is 6.63. The van der Waals surface area contributed by atoms with E-state index >= 15 is 0 Å². The zero-order chi connectivity index (χ0) is 19.1. The zero-order valence-electron chi connectivity index (χ0n) is 15.1. The molecule has 0 saturated carbocycles. The summed E-state index contributed by atoms with van der Waals surface area (Å²) < 4.78 is 7.57. The molecule has 0 bridgehead atoms. The van der Waals surface area contributed by atoms with Crippen molar-refractivity contribution in [2.75, 3.05) is 26.2 Å². The number of urea groups is 1. The van der Waals surface area contributed by atoms with Crippen molar-refractivity contribution < 1.29 is 19.4 Å². The fraction of sp³-hybridized carbons (Fsp3) is 0.421. The predicted octanol–water partition coefficient (Wildman–Crippen LogP) is 2.08. The highest BCUT2D eigenvalue weighted by atomic mass is 16.5. The zero-order valence-corrected chi connectivity index (χ0v) is 15.1. The van der Waals surface area contributed by atoms with Crippen LogP contribution in [0.25, 0.3) is 0 Å². The summed E-state index contributed by atoms with van der Waals surface area (Å²) in [6.07, 6.45) is 7.60. The number of aromatic carboxylic acids is 1. The van der Waals surface area contributed by atoms with Crippen LogP contribution >= 0.6 is 0 Å². The largest absolute Gasteiger partial charge is 0.492 e. The Hall–Kier alpha value is -3.03. The molecule has 1 aromatic heterocycles. The van der Waals surface area contributed by atoms with E-state index in [2.05, 4.69) is 10.3 Å². The van der Waals surface area contributed by atoms with Gasteiger partial charge in [-0.3, -0.25) is 0 Å². The number of ether oxygens (including phenoxy) is 1. The van der Waals surface area contributed by atoms with Gasteiger partial charge in [-0.2, -0.15) is 0 Å². The molecule has 2 amide bonds. The topological polar surface area (TPSA) is 96.7 Å². The highest BCUT2D eigenvalue weighted by Gasteiger charge is 2.23. The highest BCUT2D eigenvalue weighted by molar-refractivity contribution is 5.88. The van der Waals surface area contributed by atoms with Gasteiger partial charge >= 0.3 is 12.0 Å². The normalized spacial score (nSPS) is 16.7. The molecule has 1 aliphatic rings. The summed E-state index contributed by atoms with van der Waals surface area (Å²) in [7, 11) is 0. The molecule has 0 spiro atoms. The maximum absolute atomic E-state index is 12.4. The lowest BCUT2D eigenvalue weighted by Gasteiger charge is -2.33. The van der Waals surface area contributed by atoms with E-state index < -0.39 is 5.97 Å². The third-order valence-electron chi connectivity index (χ3n) is 4.56. The third-order valence-corrected chi connectivity index (χ3v) is 4.56. The number of nitrogens with one attached hydrogen (secondary N) is 1. The molecule has 2 heterocycles. The number of amides is 2. The summed E-state index contributed by atoms with van der Waals surface area (Å²) in [5.41, 5.74) is 0.175. The molecular formula is C19H24N4O4. The number of hydrogen-bond donors (Lipinski definition) is 2. The van der Waals surface area contributed by atoms with Crippen molar-refractivity contribution in [1.82, 2.24) is 19.8 Å². The number of likely N-dealkylation sites (tertiary alicyclic amines) is 1. The van der Waals surface area contributed by atoms with Crippen molar-refractivity contribution in [2.24, 2.45) is 5.92 Å². The maximum Gasteiger partial charge on any atom is 0.335 e. The first kappa shape index (κ1) is 18.8. The Morgan fingerprint density at radius 1 is 1.37 bits per heavy atom. The van der Waals surface area contributed by atoms with Crippen LogP contribution in [0.5, 0.6) is 5.75 Å². The van der Waals surface area contributed by atoms with E-state index in [9.17, 15) is 9.59 Å². The van der Waals surface area contributed by atoms with Gasteiger partial charge in [-0.1, -0.05) is 6.07 Å². The summed E-state index contributed by atoms with van der Waals surface area (Å²) in [4.78, 5) is 29.2. The number of nitrogens with zero attached hydrogens (tertiary/aromatic N) is 3. The Kier molecular flexibility index (Phi) is 6.30. The molecule has 1 saturated heterocycles. The van der Waals surface area contributed by atoms with Crippen LogP contribution in [-0.4, -0.2) is 57.8 Å². The number of carboxylic acids is 1. The standard InChI is InChI=1S/C19H24N4O4/c24-18(25)16-4-1-5-17(11-16)27-10-7-21-19(26)23-8-2-3-15(13-23)12-22-9-6-20-14-22/h1,4-6,9,11,14-15H,2-3,7-8,10,12-13H2,(H,21,26)(H,24,25)/t15-/m1/s1. The molecule has 2 aromatic rings. The molecule has 27 heavy (non-hydrogen) atoms. The number of aromatic nitrogens is 2. The van der Waals surface area contributed by atoms with Crippen LogP contribution < -0.4 is 10.1 Å². The fourth-order valence-corrected chi connectivity index (χ4v) is 3.25. The number of hydrogen-bond acceptors (Lipinski definition) is 4. The lowest BCUT2D eigenvalue weighted by Crippen LogP contribution is -2.47. The van der Waals surface area contributed by atoms with Gasteiger partial charge in [0.2, 0.25) is 0 Å². The van der Waals surface area contributed by atoms with Crippen LogP contribution in [-0.2, 0) is 6.54 Å². The number of carbonyl (C=O) groups excluding carboxylic acids is 1. The van der Waals surface area contributed by atoms with E-state index in [4.69, 9.17) is 9.84 Å². The number of carbonyl (C=O) groups is 2. The first-order valence-corrected chi connectivity index (χ1v) is 9.06. The molecule has 8 nitrogen and oxygen atoms in total. The van der Waals surface area contributed by atoms with E-state index in [0.717, 1.165) is 32.5 Å². The van der Waals surface area contributed by atoms with Crippen molar-refractivity contribution in [1.29, 1.82) is 0 Å². The Morgan fingerprint density at radius 2 is 2.26 bits per heavy atom. The van der Waals surface area contributed by atoms with Gasteiger partial charge in [0.15, 0.2) is 0 Å². The fourth-order valence-electron chi connectivity index (χ4n) is 3.25. The minimum Gasteiger partial charge on any atom is -0.492 e. The molecule has 1 atom stereocenters. The lowest BCUT2D eigenvalue weighted by atomic mass is 9.98. The first-order valence-electron chi connectivity index (χ1n) is 9.06. The van der Waals surface area contributed by atoms with Crippen molar-refractivity contribution in [2.45, 2.75) is 19.4 Å². The molecule has 1 aliphatic heterocycles. The van der Waals surface area contributed by atoms with Crippen LogP contribution in [0.15, 0.2) is 43.0 Å². The monoisotopic (exact) mass is 372 g/mol. The molecule has 0 aliphatic carbocycles. The number of piperidine rings is 1. The van der Waals surface area contributed by atoms with Gasteiger partial charge in [-0.05, 0) is 37.0 Å². The molecule has 8 heteroatoms. The molecule has 2 N–H and O–H groups in total. The smallest absolute Gasteiger partial charge is 0.335 e. The number of carboxylic acid groups (broad SMARTS) is 1. The third kappa shape index (κ3) is 5.47. The summed E-state index contributed by atoms with van der Waals surface area (Å²) in [5, 5.41) is 11.8. The van der Waals surface area contributed by atoms with E-state index in [1.165, 1.54) is 12.1 Å². The van der Waals surface area contributed by atoms with Gasteiger partial charge in [0.05, 0.1) is 18.4 Å². The highest BCUT2D eigenvalue weighted by Crippen LogP contribution is 2.18. The number of rotatable bonds is 7. The van der Waals surface area contributed by atoms with Gasteiger partial charge in [0, 0.05) is 32.0 Å². The van der Waals surface area contributed by atoms with E-state index in [1.807, 2.05) is 15.7 Å². The van der Waals surface area contributed by atoms with E-state index in [0.29, 0.717) is 18.2 Å². The Bertz CT molecular complexity index is 763. The van der Waals surface area contributed by atoms with Crippen LogP contribution in [0.3, 0.4) is 0 Å². The molecule has 144 valence electrons. The summed E-state index contributed by atoms with van der Waals surface area (Å²) in [6.45, 7) is 2.99. The van der Waals surface area contributed by atoms with Gasteiger partial charge < -0.3 is 24.6 Å². The quantitative estimate of drug-likeness (QED) is 0.726. The Morgan fingerprint density at radius 3 is 3.04 bits per heavy atom. The number of imidazole rings is 1. The average molecular weight is 372 g/mol. The van der Waals surface area contributed by atoms with E-state index in [1.54, 1.807) is 24.7 Å². The van der Waals surface area contributed by atoms with Crippen LogP contribution in [0.2, 0.25) is 0 Å². The van der Waals surface area contributed by atoms with Crippen molar-refractivity contribution in [3.8, 4) is 5.75 Å². The Labute approximate surface area is 157 Å². The minimum absolute atomic E-state index is 0.0896. The van der Waals surface area contributed by atoms with E-state index in [-0.39, 0.29) is 18.2 Å². The number of benzene rings is 1. The molecule has 1 aromatic carbocycles. The predicted molar refractivity (Wildman–Crippen MR) is 98.8 cm³/mol. The molecule has 0 unspecified atom stereocenters. The van der Waals surface area contributed by atoms with Crippen LogP contribution in [0, 0.1) is 5.92 Å². The minimum atomic E-state index is -0.996. The molecule has 1 fully saturated rings. The molecular weight excluding hydrogens is 348 g/mol. The van der Waals surface area contributed by atoms with Crippen LogP contribution in [0.4, 0.5) is 4.79 Å². The maximum atomic E-state index is 12.4. The van der Waals surface area contributed by atoms with Gasteiger partial charge in [0.25, 0.3) is 0 Å². The molecule has 3 rings (SSSR count). The molecule has 0 radical (unpaired) electrons. The van der Waals surface area contributed by atoms with Crippen molar-refractivity contribution >= 4 is 12.0 Å². The summed E-state index contributed by atoms with van der Waals surface area (Å²) >= 11 is 0. The second-order valence-electron chi connectivity index (χ2n) is 6.63. The van der Waals surface area contributed by atoms with Crippen LogP contribution in [0.1, 0.15) is 23.2 Å². The van der Waals surface area contributed by atoms with Gasteiger partial charge in [-0.25, -0.2) is 14.6 Å². The summed E-state index contributed by atoms with van der Waals surface area (Å²) in [6, 6.07) is 6.21. The van der Waals surface area contributed by atoms with Gasteiger partial charge in [-0.15, -0.1) is 0 Å². The van der Waals surface area contributed by atoms with Gasteiger partial charge in [0.1, 0.15) is 12.4 Å². The lowest BCUT2D eigenvalue weighted by molar-refractivity contribution is 0.0696. The first-order chi connectivity index (χ1) is 13.1. The van der Waals surface area contributed by atoms with Crippen molar-refractivity contribution in [3.63, 3.8) is 0 Å². The summed E-state index contributed by atoms with van der Waals surface area (Å²) in [5.74, 6) is -0.0969.